The first kappa shape index (κ1) is 14.6. The number of benzene rings is 1. The topological polar surface area (TPSA) is 55.8 Å². The minimum absolute atomic E-state index is 0.202. The van der Waals surface area contributed by atoms with Gasteiger partial charge in [-0.3, -0.25) is 0 Å². The monoisotopic (exact) mass is 277 g/mol. The third-order valence-electron chi connectivity index (χ3n) is 2.02. The van der Waals surface area contributed by atoms with Crippen LogP contribution >= 0.6 is 19.6 Å². The average Bonchev–Trinajstić information content (AvgIpc) is 2.34. The largest absolute Gasteiger partial charge is 0.545 e. The molecule has 0 aliphatic carbocycles. The Balaban J connectivity index is 2.43. The van der Waals surface area contributed by atoms with E-state index in [9.17, 15) is 9.67 Å². The van der Waals surface area contributed by atoms with Gasteiger partial charge >= 0.3 is 13.9 Å². The van der Waals surface area contributed by atoms with Gasteiger partial charge in [-0.1, -0.05) is 23.7 Å². The highest BCUT2D eigenvalue weighted by molar-refractivity contribution is 7.39. The van der Waals surface area contributed by atoms with E-state index in [1.807, 2.05) is 6.92 Å². The van der Waals surface area contributed by atoms with E-state index in [0.29, 0.717) is 23.8 Å². The molecule has 0 aromatic heterocycles. The lowest BCUT2D eigenvalue weighted by molar-refractivity contribution is 0.108. The predicted molar refractivity (Wildman–Crippen MR) is 66.5 cm³/mol. The van der Waals surface area contributed by atoms with Crippen LogP contribution in [0.5, 0.6) is 0 Å². The Hall–Kier alpha value is -0.510. The van der Waals surface area contributed by atoms with Crippen molar-refractivity contribution in [1.82, 2.24) is 0 Å². The van der Waals surface area contributed by atoms with E-state index >= 15 is 0 Å². The normalized spacial score (nSPS) is 13.5. The lowest BCUT2D eigenvalue weighted by Crippen LogP contribution is -2.02. The van der Waals surface area contributed by atoms with E-state index in [-0.39, 0.29) is 6.61 Å². The first-order valence-corrected chi connectivity index (χ1v) is 6.88. The van der Waals surface area contributed by atoms with Crippen molar-refractivity contribution in [3.63, 3.8) is 0 Å². The minimum Gasteiger partial charge on any atom is -0.379 e. The number of aliphatic hydroxyl groups is 1. The van der Waals surface area contributed by atoms with Gasteiger partial charge in [0.05, 0.1) is 6.61 Å². The zero-order valence-electron chi connectivity index (χ0n) is 9.51. The van der Waals surface area contributed by atoms with Crippen molar-refractivity contribution in [3.05, 3.63) is 34.9 Å². The van der Waals surface area contributed by atoms with Crippen LogP contribution in [0.3, 0.4) is 0 Å². The summed E-state index contributed by atoms with van der Waals surface area (Å²) >= 11 is 5.71. The third-order valence-corrected chi connectivity index (χ3v) is 3.40. The van der Waals surface area contributed by atoms with E-state index in [2.05, 4.69) is 0 Å². The zero-order valence-corrected chi connectivity index (χ0v) is 11.2. The van der Waals surface area contributed by atoms with Crippen LogP contribution in [0.25, 0.3) is 0 Å². The molecule has 2 atom stereocenters. The summed E-state index contributed by atoms with van der Waals surface area (Å²) in [6.07, 6.45) is 0. The van der Waals surface area contributed by atoms with Gasteiger partial charge < -0.3 is 9.84 Å². The molecular weight excluding hydrogens is 263 g/mol. The molecule has 0 saturated carbocycles. The smallest absolute Gasteiger partial charge is 0.379 e. The number of ether oxygens (including phenoxy) is 1. The first-order chi connectivity index (χ1) is 8.15. The quantitative estimate of drug-likeness (QED) is 0.614. The van der Waals surface area contributed by atoms with Crippen LogP contribution < -0.4 is 0 Å². The molecule has 94 valence electrons. The molecule has 0 saturated heterocycles. The van der Waals surface area contributed by atoms with Gasteiger partial charge in [0.1, 0.15) is 6.61 Å². The lowest BCUT2D eigenvalue weighted by atomic mass is 10.2. The molecule has 0 radical (unpaired) electrons. The van der Waals surface area contributed by atoms with Gasteiger partial charge in [-0.15, -0.1) is 4.52 Å². The molecule has 0 aliphatic rings. The molecule has 1 N–H and O–H groups in total. The Morgan fingerprint density at radius 2 is 2.00 bits per heavy atom. The first-order valence-electron chi connectivity index (χ1n) is 5.25. The van der Waals surface area contributed by atoms with Crippen LogP contribution in [0.1, 0.15) is 18.3 Å². The molecule has 0 aliphatic heterocycles. The fourth-order valence-corrected chi connectivity index (χ4v) is 2.09. The Morgan fingerprint density at radius 1 is 1.35 bits per heavy atom. The molecule has 1 aromatic carbocycles. The zero-order chi connectivity index (χ0) is 12.7. The molecule has 1 aromatic rings. The van der Waals surface area contributed by atoms with Crippen molar-refractivity contribution < 1.29 is 18.9 Å². The van der Waals surface area contributed by atoms with Crippen molar-refractivity contribution in [2.75, 3.05) is 19.8 Å². The van der Waals surface area contributed by atoms with Crippen LogP contribution in [0.2, 0.25) is 5.02 Å². The second kappa shape index (κ2) is 7.75. The lowest BCUT2D eigenvalue weighted by Gasteiger charge is -2.00. The van der Waals surface area contributed by atoms with Gasteiger partial charge in [0.25, 0.3) is 0 Å². The molecule has 1 rings (SSSR count). The van der Waals surface area contributed by atoms with E-state index in [1.54, 1.807) is 24.3 Å². The number of halogens is 1. The van der Waals surface area contributed by atoms with Crippen LogP contribution in [-0.4, -0.2) is 24.9 Å². The van der Waals surface area contributed by atoms with Gasteiger partial charge in [0.15, 0.2) is 0 Å². The molecule has 0 spiro atoms. The molecule has 1 unspecified atom stereocenters. The van der Waals surface area contributed by atoms with Crippen LogP contribution in [-0.2, 0) is 13.8 Å². The standard InChI is InChI=1S/C11H15ClO4P/c1-2-15-7-8-16-17(14)11(13)9-3-5-10(12)6-4-9/h3-6,11,13H,2,7-8H2,1H3/q+1/t11-/m1/s1. The SMILES string of the molecule is CCOCCO[P+](=O)[C@@H](O)c1ccc(Cl)cc1. The summed E-state index contributed by atoms with van der Waals surface area (Å²) in [4.78, 5) is 0. The highest BCUT2D eigenvalue weighted by atomic mass is 35.5. The predicted octanol–water partition coefficient (Wildman–Crippen LogP) is 3.13. The molecule has 0 fully saturated rings. The van der Waals surface area contributed by atoms with Gasteiger partial charge in [0, 0.05) is 17.2 Å². The molecule has 4 nitrogen and oxygen atoms in total. The summed E-state index contributed by atoms with van der Waals surface area (Å²) in [6, 6.07) is 6.49. The molecular formula is C11H15ClO4P+. The molecule has 0 amide bonds. The number of aliphatic hydroxyl groups excluding tert-OH is 1. The maximum Gasteiger partial charge on any atom is 0.545 e. The van der Waals surface area contributed by atoms with Crippen molar-refractivity contribution in [2.45, 2.75) is 12.8 Å². The van der Waals surface area contributed by atoms with Crippen LogP contribution in [0.4, 0.5) is 0 Å². The Bertz CT molecular complexity index is 355. The van der Waals surface area contributed by atoms with Gasteiger partial charge in [0.2, 0.25) is 0 Å². The average molecular weight is 278 g/mol. The molecule has 0 bridgehead atoms. The molecule has 6 heteroatoms. The Kier molecular flexibility index (Phi) is 6.63. The Labute approximate surface area is 106 Å². The molecule has 0 heterocycles. The van der Waals surface area contributed by atoms with E-state index in [4.69, 9.17) is 20.9 Å². The third kappa shape index (κ3) is 5.11. The fourth-order valence-electron chi connectivity index (χ4n) is 1.16. The number of hydrogen-bond acceptors (Lipinski definition) is 4. The maximum atomic E-state index is 11.6. The van der Waals surface area contributed by atoms with Crippen molar-refractivity contribution in [3.8, 4) is 0 Å². The summed E-state index contributed by atoms with van der Waals surface area (Å²) in [5.41, 5.74) is 0.520. The second-order valence-corrected chi connectivity index (χ2v) is 5.00. The second-order valence-electron chi connectivity index (χ2n) is 3.24. The highest BCUT2D eigenvalue weighted by Gasteiger charge is 2.32. The van der Waals surface area contributed by atoms with Crippen LogP contribution in [0.15, 0.2) is 24.3 Å². The highest BCUT2D eigenvalue weighted by Crippen LogP contribution is 2.39. The summed E-state index contributed by atoms with van der Waals surface area (Å²) < 4.78 is 21.6. The van der Waals surface area contributed by atoms with Crippen molar-refractivity contribution >= 4 is 19.6 Å². The molecule has 17 heavy (non-hydrogen) atoms. The van der Waals surface area contributed by atoms with Crippen molar-refractivity contribution in [1.29, 1.82) is 0 Å². The fraction of sp³-hybridized carbons (Fsp3) is 0.455. The summed E-state index contributed by atoms with van der Waals surface area (Å²) in [5, 5.41) is 10.3. The van der Waals surface area contributed by atoms with E-state index in [1.165, 1.54) is 0 Å². The van der Waals surface area contributed by atoms with Gasteiger partial charge in [-0.05, 0) is 23.6 Å². The number of rotatable bonds is 7. The minimum atomic E-state index is -2.16. The summed E-state index contributed by atoms with van der Waals surface area (Å²) in [5.74, 6) is -1.14. The van der Waals surface area contributed by atoms with Gasteiger partial charge in [-0.2, -0.15) is 0 Å². The maximum absolute atomic E-state index is 11.6. The van der Waals surface area contributed by atoms with Crippen LogP contribution in [0, 0.1) is 0 Å². The number of hydrogen-bond donors (Lipinski definition) is 1. The van der Waals surface area contributed by atoms with E-state index in [0.717, 1.165) is 0 Å². The summed E-state index contributed by atoms with van der Waals surface area (Å²) in [7, 11) is -2.16. The van der Waals surface area contributed by atoms with Crippen molar-refractivity contribution in [2.24, 2.45) is 0 Å². The van der Waals surface area contributed by atoms with Gasteiger partial charge in [-0.25, -0.2) is 0 Å². The summed E-state index contributed by atoms with van der Waals surface area (Å²) in [6.45, 7) is 3.01. The van der Waals surface area contributed by atoms with E-state index < -0.39 is 13.9 Å². The Morgan fingerprint density at radius 3 is 2.59 bits per heavy atom.